The number of carbonyl (C=O) groups is 2. The predicted octanol–water partition coefficient (Wildman–Crippen LogP) is 5.25. The molecule has 2 aliphatic rings. The molecule has 2 amide bonds. The number of nitrogens with zero attached hydrogens (tertiary/aromatic N) is 2. The van der Waals surface area contributed by atoms with Crippen molar-refractivity contribution in [3.05, 3.63) is 87.9 Å². The van der Waals surface area contributed by atoms with Crippen LogP contribution in [0.1, 0.15) is 34.6 Å². The Morgan fingerprint density at radius 3 is 2.52 bits per heavy atom. The lowest BCUT2D eigenvalue weighted by molar-refractivity contribution is -0.123. The van der Waals surface area contributed by atoms with Gasteiger partial charge in [0.25, 0.3) is 11.8 Å². The van der Waals surface area contributed by atoms with Crippen LogP contribution < -0.4 is 4.90 Å². The number of para-hydroxylation sites is 1. The molecule has 0 bridgehead atoms. The van der Waals surface area contributed by atoms with E-state index in [9.17, 15) is 14.0 Å². The van der Waals surface area contributed by atoms with Gasteiger partial charge in [0.15, 0.2) is 4.87 Å². The maximum atomic E-state index is 14.1. The van der Waals surface area contributed by atoms with E-state index in [0.29, 0.717) is 18.0 Å². The van der Waals surface area contributed by atoms with Gasteiger partial charge in [-0.15, -0.1) is 23.1 Å². The Bertz CT molecular complexity index is 1160. The molecule has 0 saturated carbocycles. The van der Waals surface area contributed by atoms with Crippen molar-refractivity contribution >= 4 is 40.6 Å². The molecule has 0 radical (unpaired) electrons. The Balaban J connectivity index is 1.62. The van der Waals surface area contributed by atoms with Crippen molar-refractivity contribution < 1.29 is 14.0 Å². The fraction of sp³-hybridized carbons (Fsp3) is 0.250. The molecule has 1 saturated heterocycles. The number of thioether (sulfide) groups is 1. The summed E-state index contributed by atoms with van der Waals surface area (Å²) in [5.41, 5.74) is 2.47. The van der Waals surface area contributed by atoms with E-state index in [1.807, 2.05) is 35.7 Å². The van der Waals surface area contributed by atoms with Crippen LogP contribution in [0.4, 0.5) is 10.1 Å². The first kappa shape index (κ1) is 20.3. The van der Waals surface area contributed by atoms with Crippen LogP contribution in [0.15, 0.2) is 66.0 Å². The Hall–Kier alpha value is -2.64. The summed E-state index contributed by atoms with van der Waals surface area (Å²) in [4.78, 5) is 30.6. The van der Waals surface area contributed by atoms with E-state index in [1.54, 1.807) is 28.0 Å². The first-order chi connectivity index (χ1) is 14.8. The molecule has 3 heterocycles. The topological polar surface area (TPSA) is 40.6 Å². The SMILES string of the molecule is CC1(C)CN(C(=O)c2cccs2)[C@]2(S1)C(=O)N(Cc1ccc(F)cc1)c1ccccc12. The second-order valence-corrected chi connectivity index (χ2v) is 11.3. The number of amides is 2. The maximum Gasteiger partial charge on any atom is 0.268 e. The summed E-state index contributed by atoms with van der Waals surface area (Å²) in [6, 6.07) is 17.5. The first-order valence-electron chi connectivity index (χ1n) is 10.0. The number of fused-ring (bicyclic) bond motifs is 2. The highest BCUT2D eigenvalue weighted by Crippen LogP contribution is 2.60. The number of rotatable bonds is 3. The second-order valence-electron chi connectivity index (χ2n) is 8.41. The van der Waals surface area contributed by atoms with Crippen LogP contribution >= 0.6 is 23.1 Å². The van der Waals surface area contributed by atoms with Gasteiger partial charge >= 0.3 is 0 Å². The molecule has 5 rings (SSSR count). The largest absolute Gasteiger partial charge is 0.309 e. The number of hydrogen-bond donors (Lipinski definition) is 0. The van der Waals surface area contributed by atoms with Crippen molar-refractivity contribution in [1.29, 1.82) is 0 Å². The van der Waals surface area contributed by atoms with Gasteiger partial charge in [-0.2, -0.15) is 0 Å². The molecule has 1 fully saturated rings. The smallest absolute Gasteiger partial charge is 0.268 e. The third-order valence-electron chi connectivity index (χ3n) is 5.67. The number of carbonyl (C=O) groups excluding carboxylic acids is 2. The zero-order valence-corrected chi connectivity index (χ0v) is 18.8. The maximum absolute atomic E-state index is 14.1. The highest BCUT2D eigenvalue weighted by Gasteiger charge is 2.63. The van der Waals surface area contributed by atoms with E-state index in [4.69, 9.17) is 0 Å². The summed E-state index contributed by atoms with van der Waals surface area (Å²) in [6.07, 6.45) is 0. The van der Waals surface area contributed by atoms with Crippen molar-refractivity contribution in [3.63, 3.8) is 0 Å². The molecule has 0 aliphatic carbocycles. The van der Waals surface area contributed by atoms with Gasteiger partial charge in [-0.25, -0.2) is 4.39 Å². The first-order valence-corrected chi connectivity index (χ1v) is 11.7. The molecule has 2 aromatic carbocycles. The number of halogens is 1. The van der Waals surface area contributed by atoms with E-state index < -0.39 is 4.87 Å². The highest BCUT2D eigenvalue weighted by molar-refractivity contribution is 8.02. The van der Waals surface area contributed by atoms with E-state index in [2.05, 4.69) is 13.8 Å². The molecule has 31 heavy (non-hydrogen) atoms. The minimum atomic E-state index is -1.11. The number of anilines is 1. The quantitative estimate of drug-likeness (QED) is 0.545. The van der Waals surface area contributed by atoms with Crippen LogP contribution in [0.3, 0.4) is 0 Å². The van der Waals surface area contributed by atoms with E-state index in [0.717, 1.165) is 16.8 Å². The third-order valence-corrected chi connectivity index (χ3v) is 8.12. The van der Waals surface area contributed by atoms with E-state index >= 15 is 0 Å². The molecule has 0 N–H and O–H groups in total. The molecule has 1 aromatic heterocycles. The summed E-state index contributed by atoms with van der Waals surface area (Å²) < 4.78 is 13.1. The third kappa shape index (κ3) is 3.18. The number of thiophene rings is 1. The summed E-state index contributed by atoms with van der Waals surface area (Å²) in [7, 11) is 0. The van der Waals surface area contributed by atoms with Gasteiger partial charge in [0.05, 0.1) is 17.1 Å². The normalized spacial score (nSPS) is 21.7. The van der Waals surface area contributed by atoms with Gasteiger partial charge in [-0.3, -0.25) is 9.59 Å². The lowest BCUT2D eigenvalue weighted by Crippen LogP contribution is -2.50. The highest BCUT2D eigenvalue weighted by atomic mass is 32.2. The Morgan fingerprint density at radius 2 is 1.81 bits per heavy atom. The monoisotopic (exact) mass is 452 g/mol. The summed E-state index contributed by atoms with van der Waals surface area (Å²) >= 11 is 2.92. The fourth-order valence-electron chi connectivity index (χ4n) is 4.42. The van der Waals surface area contributed by atoms with Gasteiger partial charge in [0, 0.05) is 16.9 Å². The van der Waals surface area contributed by atoms with Crippen LogP contribution in [0.2, 0.25) is 0 Å². The van der Waals surface area contributed by atoms with Crippen LogP contribution in [-0.4, -0.2) is 28.0 Å². The molecule has 158 valence electrons. The molecule has 1 spiro atoms. The van der Waals surface area contributed by atoms with Crippen molar-refractivity contribution in [1.82, 2.24) is 4.90 Å². The molecule has 2 aliphatic heterocycles. The van der Waals surface area contributed by atoms with E-state index in [1.165, 1.54) is 35.2 Å². The molecule has 7 heteroatoms. The summed E-state index contributed by atoms with van der Waals surface area (Å²) in [5.74, 6) is -0.562. The van der Waals surface area contributed by atoms with Crippen molar-refractivity contribution in [2.75, 3.05) is 11.4 Å². The zero-order valence-electron chi connectivity index (χ0n) is 17.2. The standard InChI is InChI=1S/C24H21FN2O2S2/c1-23(2)15-27(21(28)20-8-5-13-30-20)24(31-23)18-6-3-4-7-19(18)26(22(24)29)14-16-9-11-17(25)12-10-16/h3-13H,14-15H2,1-2H3/t24-/m1/s1. The Labute approximate surface area is 188 Å². The molecule has 4 nitrogen and oxygen atoms in total. The predicted molar refractivity (Wildman–Crippen MR) is 123 cm³/mol. The summed E-state index contributed by atoms with van der Waals surface area (Å²) in [6.45, 7) is 4.93. The van der Waals surface area contributed by atoms with Crippen molar-refractivity contribution in [2.24, 2.45) is 0 Å². The fourth-order valence-corrected chi connectivity index (χ4v) is 6.82. The number of hydrogen-bond acceptors (Lipinski definition) is 4. The minimum absolute atomic E-state index is 0.125. The average molecular weight is 453 g/mol. The lowest BCUT2D eigenvalue weighted by atomic mass is 10.0. The van der Waals surface area contributed by atoms with Crippen LogP contribution in [-0.2, 0) is 16.2 Å². The summed E-state index contributed by atoms with van der Waals surface area (Å²) in [5, 5.41) is 1.87. The number of benzene rings is 2. The van der Waals surface area contributed by atoms with Gasteiger partial charge in [-0.05, 0) is 49.1 Å². The zero-order chi connectivity index (χ0) is 21.8. The van der Waals surface area contributed by atoms with Crippen molar-refractivity contribution in [3.8, 4) is 0 Å². The molecule has 3 aromatic rings. The van der Waals surface area contributed by atoms with Gasteiger partial charge < -0.3 is 9.80 Å². The van der Waals surface area contributed by atoms with E-state index in [-0.39, 0.29) is 22.4 Å². The molecule has 1 atom stereocenters. The Kier molecular flexibility index (Phi) is 4.71. The molecular weight excluding hydrogens is 431 g/mol. The van der Waals surface area contributed by atoms with Crippen LogP contribution in [0, 0.1) is 5.82 Å². The molecular formula is C24H21FN2O2S2. The Morgan fingerprint density at radius 1 is 1.06 bits per heavy atom. The van der Waals surface area contributed by atoms with Gasteiger partial charge in [-0.1, -0.05) is 36.4 Å². The van der Waals surface area contributed by atoms with Gasteiger partial charge in [0.2, 0.25) is 0 Å². The lowest BCUT2D eigenvalue weighted by Gasteiger charge is -2.33. The minimum Gasteiger partial charge on any atom is -0.309 e. The van der Waals surface area contributed by atoms with Crippen molar-refractivity contribution in [2.45, 2.75) is 30.0 Å². The molecule has 0 unspecified atom stereocenters. The van der Waals surface area contributed by atoms with Crippen LogP contribution in [0.25, 0.3) is 0 Å². The second kappa shape index (κ2) is 7.21. The average Bonchev–Trinajstić information content (AvgIpc) is 3.43. The van der Waals surface area contributed by atoms with Gasteiger partial charge in [0.1, 0.15) is 5.82 Å². The van der Waals surface area contributed by atoms with Crippen LogP contribution in [0.5, 0.6) is 0 Å².